The smallest absolute Gasteiger partial charge is 0.245 e. The van der Waals surface area contributed by atoms with Gasteiger partial charge in [0.05, 0.1) is 6.04 Å². The van der Waals surface area contributed by atoms with E-state index in [9.17, 15) is 0 Å². The minimum absolute atomic E-state index is 0.555. The summed E-state index contributed by atoms with van der Waals surface area (Å²) in [5.41, 5.74) is 0. The molecule has 0 aliphatic carbocycles. The molecule has 0 spiro atoms. The molecule has 1 aliphatic heterocycles. The van der Waals surface area contributed by atoms with Crippen LogP contribution in [0, 0.1) is 0 Å². The van der Waals surface area contributed by atoms with Crippen LogP contribution in [0.25, 0.3) is 0 Å². The average molecular weight is 196 g/mol. The van der Waals surface area contributed by atoms with Crippen LogP contribution in [0.5, 0.6) is 0 Å². The fourth-order valence-electron chi connectivity index (χ4n) is 1.65. The zero-order chi connectivity index (χ0) is 9.97. The Morgan fingerprint density at radius 1 is 1.57 bits per heavy atom. The second-order valence-corrected chi connectivity index (χ2v) is 3.61. The van der Waals surface area contributed by atoms with E-state index < -0.39 is 0 Å². The highest BCUT2D eigenvalue weighted by molar-refractivity contribution is 5.31. The number of aryl methyl sites for hydroxylation is 1. The third kappa shape index (κ3) is 1.57. The van der Waals surface area contributed by atoms with Crippen LogP contribution in [0.1, 0.15) is 13.3 Å². The zero-order valence-electron chi connectivity index (χ0n) is 8.64. The van der Waals surface area contributed by atoms with Gasteiger partial charge in [0, 0.05) is 26.7 Å². The summed E-state index contributed by atoms with van der Waals surface area (Å²) in [5, 5.41) is 14.8. The predicted molar refractivity (Wildman–Crippen MR) is 53.1 cm³/mol. The second-order valence-electron chi connectivity index (χ2n) is 3.61. The van der Waals surface area contributed by atoms with Gasteiger partial charge in [-0.25, -0.2) is 4.68 Å². The van der Waals surface area contributed by atoms with Gasteiger partial charge in [-0.15, -0.1) is 0 Å². The molecule has 0 saturated carbocycles. The number of nitrogens with zero attached hydrogens (tertiary/aromatic N) is 5. The lowest BCUT2D eigenvalue weighted by Gasteiger charge is -2.38. The number of hydrogen-bond donors (Lipinski definition) is 1. The van der Waals surface area contributed by atoms with E-state index in [-0.39, 0.29) is 0 Å². The van der Waals surface area contributed by atoms with Crippen LogP contribution < -0.4 is 10.2 Å². The third-order valence-electron chi connectivity index (χ3n) is 2.52. The first-order chi connectivity index (χ1) is 6.83. The normalized spacial score (nSPS) is 16.7. The molecule has 0 atom stereocenters. The summed E-state index contributed by atoms with van der Waals surface area (Å²) in [5.74, 6) is 0.873. The van der Waals surface area contributed by atoms with Crippen molar-refractivity contribution in [2.75, 3.05) is 24.5 Å². The van der Waals surface area contributed by atoms with Crippen molar-refractivity contribution in [2.24, 2.45) is 7.05 Å². The Balaban J connectivity index is 2.13. The molecule has 14 heavy (non-hydrogen) atoms. The van der Waals surface area contributed by atoms with Crippen LogP contribution in [0.4, 0.5) is 5.95 Å². The van der Waals surface area contributed by atoms with E-state index in [1.54, 1.807) is 4.68 Å². The number of tetrazole rings is 1. The minimum Gasteiger partial charge on any atom is -0.334 e. The van der Waals surface area contributed by atoms with Gasteiger partial charge < -0.3 is 10.2 Å². The van der Waals surface area contributed by atoms with E-state index in [1.807, 2.05) is 7.05 Å². The number of rotatable bonds is 4. The second kappa shape index (κ2) is 3.91. The van der Waals surface area contributed by atoms with E-state index >= 15 is 0 Å². The summed E-state index contributed by atoms with van der Waals surface area (Å²) < 4.78 is 1.73. The summed E-state index contributed by atoms with van der Waals surface area (Å²) in [6, 6.07) is 0.555. The van der Waals surface area contributed by atoms with Gasteiger partial charge in [0.2, 0.25) is 5.95 Å². The number of aromatic nitrogens is 4. The molecule has 1 aliphatic rings. The van der Waals surface area contributed by atoms with Gasteiger partial charge in [0.1, 0.15) is 0 Å². The number of nitrogens with one attached hydrogen (secondary N) is 1. The Morgan fingerprint density at radius 3 is 2.79 bits per heavy atom. The van der Waals surface area contributed by atoms with Gasteiger partial charge in [-0.2, -0.15) is 0 Å². The lowest BCUT2D eigenvalue weighted by molar-refractivity contribution is 0.404. The molecule has 78 valence electrons. The third-order valence-corrected chi connectivity index (χ3v) is 2.52. The van der Waals surface area contributed by atoms with Crippen LogP contribution in [0.3, 0.4) is 0 Å². The molecule has 1 aromatic heterocycles. The standard InChI is InChI=1S/C8H16N6/c1-3-4-14(7-5-9-6-7)8-10-11-12-13(8)2/h7,9H,3-6H2,1-2H3. The van der Waals surface area contributed by atoms with Gasteiger partial charge in [-0.05, 0) is 16.8 Å². The van der Waals surface area contributed by atoms with E-state index in [4.69, 9.17) is 0 Å². The SMILES string of the molecule is CCCN(c1nnnn1C)C1CNC1. The molecular formula is C8H16N6. The average Bonchev–Trinajstić information content (AvgIpc) is 2.47. The van der Waals surface area contributed by atoms with Gasteiger partial charge in [0.25, 0.3) is 0 Å². The summed E-state index contributed by atoms with van der Waals surface area (Å²) >= 11 is 0. The highest BCUT2D eigenvalue weighted by Crippen LogP contribution is 2.14. The summed E-state index contributed by atoms with van der Waals surface area (Å²) in [4.78, 5) is 2.27. The first kappa shape index (κ1) is 9.39. The molecule has 1 saturated heterocycles. The van der Waals surface area contributed by atoms with Crippen molar-refractivity contribution in [3.05, 3.63) is 0 Å². The topological polar surface area (TPSA) is 58.9 Å². The van der Waals surface area contributed by atoms with Crippen molar-refractivity contribution >= 4 is 5.95 Å². The van der Waals surface area contributed by atoms with E-state index in [1.165, 1.54) is 0 Å². The maximum Gasteiger partial charge on any atom is 0.245 e. The summed E-state index contributed by atoms with van der Waals surface area (Å²) in [6.07, 6.45) is 1.11. The van der Waals surface area contributed by atoms with Crippen molar-refractivity contribution in [3.63, 3.8) is 0 Å². The molecule has 0 bridgehead atoms. The van der Waals surface area contributed by atoms with Crippen LogP contribution in [0.15, 0.2) is 0 Å². The van der Waals surface area contributed by atoms with Gasteiger partial charge in [-0.1, -0.05) is 12.0 Å². The Hall–Kier alpha value is -1.17. The van der Waals surface area contributed by atoms with Crippen LogP contribution in [0.2, 0.25) is 0 Å². The summed E-state index contributed by atoms with van der Waals surface area (Å²) in [6.45, 7) is 5.25. The quantitative estimate of drug-likeness (QED) is 0.696. The highest BCUT2D eigenvalue weighted by atomic mass is 15.6. The Kier molecular flexibility index (Phi) is 2.62. The lowest BCUT2D eigenvalue weighted by Crippen LogP contribution is -2.58. The van der Waals surface area contributed by atoms with Crippen LogP contribution >= 0.6 is 0 Å². The monoisotopic (exact) mass is 196 g/mol. The van der Waals surface area contributed by atoms with E-state index in [0.29, 0.717) is 6.04 Å². The molecule has 1 fully saturated rings. The molecule has 1 N–H and O–H groups in total. The fraction of sp³-hybridized carbons (Fsp3) is 0.875. The lowest BCUT2D eigenvalue weighted by atomic mass is 10.1. The molecule has 2 rings (SSSR count). The molecular weight excluding hydrogens is 180 g/mol. The maximum atomic E-state index is 4.04. The van der Waals surface area contributed by atoms with Gasteiger partial charge in [-0.3, -0.25) is 0 Å². The molecule has 0 aromatic carbocycles. The van der Waals surface area contributed by atoms with Crippen molar-refractivity contribution in [2.45, 2.75) is 19.4 Å². The van der Waals surface area contributed by atoms with Crippen LogP contribution in [-0.4, -0.2) is 45.9 Å². The zero-order valence-corrected chi connectivity index (χ0v) is 8.64. The maximum absolute atomic E-state index is 4.04. The van der Waals surface area contributed by atoms with Gasteiger partial charge in [0.15, 0.2) is 0 Å². The molecule has 0 unspecified atom stereocenters. The highest BCUT2D eigenvalue weighted by Gasteiger charge is 2.27. The van der Waals surface area contributed by atoms with Crippen molar-refractivity contribution in [3.8, 4) is 0 Å². The van der Waals surface area contributed by atoms with Crippen molar-refractivity contribution in [1.82, 2.24) is 25.5 Å². The predicted octanol–water partition coefficient (Wildman–Crippen LogP) is -0.602. The Labute approximate surface area is 83.3 Å². The molecule has 6 heteroatoms. The first-order valence-corrected chi connectivity index (χ1v) is 5.02. The fourth-order valence-corrected chi connectivity index (χ4v) is 1.65. The molecule has 0 amide bonds. The summed E-state index contributed by atoms with van der Waals surface area (Å²) in [7, 11) is 1.88. The number of hydrogen-bond acceptors (Lipinski definition) is 5. The van der Waals surface area contributed by atoms with E-state index in [0.717, 1.165) is 32.0 Å². The van der Waals surface area contributed by atoms with E-state index in [2.05, 4.69) is 32.7 Å². The Morgan fingerprint density at radius 2 is 2.36 bits per heavy atom. The minimum atomic E-state index is 0.555. The molecule has 0 radical (unpaired) electrons. The largest absolute Gasteiger partial charge is 0.334 e. The Bertz CT molecular complexity index is 292. The van der Waals surface area contributed by atoms with Gasteiger partial charge >= 0.3 is 0 Å². The van der Waals surface area contributed by atoms with Crippen molar-refractivity contribution < 1.29 is 0 Å². The van der Waals surface area contributed by atoms with Crippen LogP contribution in [-0.2, 0) is 7.05 Å². The number of anilines is 1. The molecule has 1 aromatic rings. The van der Waals surface area contributed by atoms with Crippen molar-refractivity contribution in [1.29, 1.82) is 0 Å². The molecule has 2 heterocycles. The first-order valence-electron chi connectivity index (χ1n) is 5.02. The molecule has 6 nitrogen and oxygen atoms in total.